The Morgan fingerprint density at radius 1 is 1.35 bits per heavy atom. The second-order valence-corrected chi connectivity index (χ2v) is 6.82. The largest absolute Gasteiger partial charge is 0.392 e. The molecule has 2 aliphatic rings. The van der Waals surface area contributed by atoms with Gasteiger partial charge in [0.05, 0.1) is 17.7 Å². The van der Waals surface area contributed by atoms with Crippen molar-refractivity contribution >= 4 is 11.6 Å². The molecule has 0 radical (unpaired) electrons. The molecule has 0 aliphatic carbocycles. The van der Waals surface area contributed by atoms with Crippen molar-refractivity contribution in [3.05, 3.63) is 35.6 Å². The Hall–Kier alpha value is -1.99. The molecule has 1 N–H and O–H groups in total. The van der Waals surface area contributed by atoms with Crippen LogP contribution in [0.1, 0.15) is 31.2 Å². The minimum atomic E-state index is -0.509. The molecule has 1 saturated heterocycles. The summed E-state index contributed by atoms with van der Waals surface area (Å²) in [6.07, 6.45) is 2.36. The van der Waals surface area contributed by atoms with Gasteiger partial charge < -0.3 is 19.6 Å². The van der Waals surface area contributed by atoms with Gasteiger partial charge in [0.2, 0.25) is 5.91 Å². The molecule has 1 amide bonds. The van der Waals surface area contributed by atoms with E-state index in [9.17, 15) is 9.18 Å². The summed E-state index contributed by atoms with van der Waals surface area (Å²) in [5.41, 5.74) is 1.13. The summed E-state index contributed by atoms with van der Waals surface area (Å²) in [5, 5.41) is 7.12. The van der Waals surface area contributed by atoms with Gasteiger partial charge in [0.15, 0.2) is 0 Å². The number of carbonyl (C=O) groups is 1. The van der Waals surface area contributed by atoms with E-state index in [1.165, 1.54) is 12.1 Å². The van der Waals surface area contributed by atoms with Crippen LogP contribution in [0.2, 0.25) is 0 Å². The lowest BCUT2D eigenvalue weighted by Crippen LogP contribution is -2.47. The molecule has 1 fully saturated rings. The van der Waals surface area contributed by atoms with Gasteiger partial charge in [-0.05, 0) is 30.5 Å². The van der Waals surface area contributed by atoms with Crippen LogP contribution in [-0.2, 0) is 19.1 Å². The molecule has 1 aromatic rings. The molecular formula is C19H25FN2O4. The summed E-state index contributed by atoms with van der Waals surface area (Å²) >= 11 is 0. The first-order valence-electron chi connectivity index (χ1n) is 8.96. The lowest BCUT2D eigenvalue weighted by atomic mass is 9.74. The van der Waals surface area contributed by atoms with Gasteiger partial charge in [0, 0.05) is 39.7 Å². The third-order valence-corrected chi connectivity index (χ3v) is 5.05. The van der Waals surface area contributed by atoms with Crippen LogP contribution in [0, 0.1) is 11.2 Å². The molecule has 2 heterocycles. The number of oxime groups is 1. The molecule has 0 saturated carbocycles. The first kappa shape index (κ1) is 18.8. The van der Waals surface area contributed by atoms with Gasteiger partial charge in [-0.25, -0.2) is 4.39 Å². The highest BCUT2D eigenvalue weighted by atomic mass is 19.1. The highest BCUT2D eigenvalue weighted by molar-refractivity contribution is 6.01. The molecule has 2 aliphatic heterocycles. The number of nitrogens with zero attached hydrogens (tertiary/aromatic N) is 1. The first-order chi connectivity index (χ1) is 12.6. The Kier molecular flexibility index (Phi) is 6.21. The quantitative estimate of drug-likeness (QED) is 0.754. The number of rotatable bonds is 7. The highest BCUT2D eigenvalue weighted by Crippen LogP contribution is 2.38. The molecule has 3 rings (SSSR count). The van der Waals surface area contributed by atoms with Crippen molar-refractivity contribution in [1.29, 1.82) is 0 Å². The molecular weight excluding hydrogens is 339 g/mol. The number of carbonyl (C=O) groups excluding carboxylic acids is 1. The fraction of sp³-hybridized carbons (Fsp3) is 0.579. The zero-order valence-electron chi connectivity index (χ0n) is 15.0. The topological polar surface area (TPSA) is 69.2 Å². The fourth-order valence-corrected chi connectivity index (χ4v) is 3.53. The van der Waals surface area contributed by atoms with Crippen molar-refractivity contribution in [2.24, 2.45) is 10.6 Å². The fourth-order valence-electron chi connectivity index (χ4n) is 3.53. The van der Waals surface area contributed by atoms with Gasteiger partial charge in [-0.2, -0.15) is 0 Å². The van der Waals surface area contributed by atoms with E-state index in [0.717, 1.165) is 11.3 Å². The number of amides is 1. The van der Waals surface area contributed by atoms with Crippen molar-refractivity contribution in [1.82, 2.24) is 5.32 Å². The molecule has 142 valence electrons. The van der Waals surface area contributed by atoms with Crippen molar-refractivity contribution in [3.8, 4) is 0 Å². The van der Waals surface area contributed by atoms with E-state index in [0.29, 0.717) is 52.0 Å². The number of methoxy groups -OCH3 is 1. The van der Waals surface area contributed by atoms with E-state index in [1.807, 2.05) is 0 Å². The maximum absolute atomic E-state index is 13.1. The molecule has 1 atom stereocenters. The Morgan fingerprint density at radius 2 is 2.08 bits per heavy atom. The van der Waals surface area contributed by atoms with Crippen LogP contribution in [0.4, 0.5) is 4.39 Å². The number of benzene rings is 1. The van der Waals surface area contributed by atoms with Gasteiger partial charge in [-0.3, -0.25) is 4.79 Å². The van der Waals surface area contributed by atoms with Crippen LogP contribution in [0.15, 0.2) is 29.4 Å². The van der Waals surface area contributed by atoms with Gasteiger partial charge in [-0.1, -0.05) is 17.3 Å². The van der Waals surface area contributed by atoms with Crippen LogP contribution in [0.3, 0.4) is 0 Å². The van der Waals surface area contributed by atoms with Crippen molar-refractivity contribution in [2.45, 2.75) is 31.8 Å². The van der Waals surface area contributed by atoms with E-state index in [1.54, 1.807) is 19.2 Å². The zero-order valence-corrected chi connectivity index (χ0v) is 15.0. The summed E-state index contributed by atoms with van der Waals surface area (Å²) < 4.78 is 23.6. The Labute approximate surface area is 152 Å². The summed E-state index contributed by atoms with van der Waals surface area (Å²) in [4.78, 5) is 18.4. The Bertz CT molecular complexity index is 641. The van der Waals surface area contributed by atoms with Gasteiger partial charge in [-0.15, -0.1) is 0 Å². The predicted octanol–water partition coefficient (Wildman–Crippen LogP) is 2.27. The summed E-state index contributed by atoms with van der Waals surface area (Å²) in [6, 6.07) is 6.21. The lowest BCUT2D eigenvalue weighted by Gasteiger charge is -2.36. The molecule has 0 bridgehead atoms. The van der Waals surface area contributed by atoms with Crippen molar-refractivity contribution in [2.75, 3.05) is 33.5 Å². The van der Waals surface area contributed by atoms with E-state index in [4.69, 9.17) is 14.3 Å². The Balaban J connectivity index is 1.63. The summed E-state index contributed by atoms with van der Waals surface area (Å²) in [5.74, 6) is -0.254. The van der Waals surface area contributed by atoms with E-state index in [-0.39, 0.29) is 17.8 Å². The maximum atomic E-state index is 13.1. The van der Waals surface area contributed by atoms with Crippen LogP contribution >= 0.6 is 0 Å². The summed E-state index contributed by atoms with van der Waals surface area (Å²) in [6.45, 7) is 2.10. The van der Waals surface area contributed by atoms with E-state index >= 15 is 0 Å². The number of ether oxygens (including phenoxy) is 2. The average molecular weight is 364 g/mol. The van der Waals surface area contributed by atoms with Gasteiger partial charge >= 0.3 is 0 Å². The van der Waals surface area contributed by atoms with Crippen LogP contribution in [0.5, 0.6) is 0 Å². The third kappa shape index (κ3) is 4.40. The molecule has 1 aromatic carbocycles. The standard InChI is InChI=1S/C19H25FN2O4/c1-24-11-8-21-18(23)19(6-9-25-10-7-19)13-16-12-17(22-26-16)14-2-4-15(20)5-3-14/h2-5,16H,6-13H2,1H3,(H,21,23). The van der Waals surface area contributed by atoms with Gasteiger partial charge in [0.25, 0.3) is 0 Å². The summed E-state index contributed by atoms with van der Waals surface area (Å²) in [7, 11) is 1.61. The second kappa shape index (κ2) is 8.60. The normalized spacial score (nSPS) is 21.8. The number of nitrogens with one attached hydrogen (secondary N) is 1. The first-order valence-corrected chi connectivity index (χ1v) is 8.96. The molecule has 0 aromatic heterocycles. The smallest absolute Gasteiger partial charge is 0.226 e. The molecule has 0 spiro atoms. The van der Waals surface area contributed by atoms with Crippen LogP contribution in [-0.4, -0.2) is 51.2 Å². The maximum Gasteiger partial charge on any atom is 0.226 e. The van der Waals surface area contributed by atoms with Crippen LogP contribution in [0.25, 0.3) is 0 Å². The molecule has 26 heavy (non-hydrogen) atoms. The van der Waals surface area contributed by atoms with Crippen molar-refractivity contribution < 1.29 is 23.5 Å². The Morgan fingerprint density at radius 3 is 2.77 bits per heavy atom. The SMILES string of the molecule is COCCNC(=O)C1(CC2CC(c3ccc(F)cc3)=NO2)CCOCC1. The predicted molar refractivity (Wildman–Crippen MR) is 94.4 cm³/mol. The van der Waals surface area contributed by atoms with E-state index < -0.39 is 5.41 Å². The molecule has 6 nitrogen and oxygen atoms in total. The lowest BCUT2D eigenvalue weighted by molar-refractivity contribution is -0.140. The third-order valence-electron chi connectivity index (χ3n) is 5.05. The van der Waals surface area contributed by atoms with Gasteiger partial charge in [0.1, 0.15) is 11.9 Å². The van der Waals surface area contributed by atoms with Crippen molar-refractivity contribution in [3.63, 3.8) is 0 Å². The second-order valence-electron chi connectivity index (χ2n) is 6.82. The average Bonchev–Trinajstić information content (AvgIpc) is 3.11. The highest BCUT2D eigenvalue weighted by Gasteiger charge is 2.43. The zero-order chi connectivity index (χ0) is 18.4. The monoisotopic (exact) mass is 364 g/mol. The minimum absolute atomic E-state index is 0.0247. The molecule has 7 heteroatoms. The number of hydrogen-bond acceptors (Lipinski definition) is 5. The minimum Gasteiger partial charge on any atom is -0.392 e. The van der Waals surface area contributed by atoms with E-state index in [2.05, 4.69) is 10.5 Å². The molecule has 1 unspecified atom stereocenters. The number of halogens is 1. The number of hydrogen-bond donors (Lipinski definition) is 1. The van der Waals surface area contributed by atoms with Crippen LogP contribution < -0.4 is 5.32 Å².